The smallest absolute Gasteiger partial charge is 0.258 e. The molecule has 0 saturated carbocycles. The first kappa shape index (κ1) is 15.8. The molecule has 5 heteroatoms. The second-order valence-electron chi connectivity index (χ2n) is 6.63. The number of aromatic nitrogens is 2. The molecule has 3 aromatic rings. The van der Waals surface area contributed by atoms with E-state index in [0.29, 0.717) is 11.7 Å². The average Bonchev–Trinajstić information content (AvgIpc) is 3.23. The van der Waals surface area contributed by atoms with Gasteiger partial charge < -0.3 is 15.0 Å². The summed E-state index contributed by atoms with van der Waals surface area (Å²) in [7, 11) is 0. The van der Waals surface area contributed by atoms with Gasteiger partial charge in [-0.2, -0.15) is 4.98 Å². The molecule has 4 rings (SSSR count). The molecule has 0 amide bonds. The predicted molar refractivity (Wildman–Crippen MR) is 96.2 cm³/mol. The lowest BCUT2D eigenvalue weighted by Gasteiger charge is -2.09. The lowest BCUT2D eigenvalue weighted by molar-refractivity contribution is 0.242. The number of fused-ring (bicyclic) bond motifs is 1. The third-order valence-corrected chi connectivity index (χ3v) is 4.46. The summed E-state index contributed by atoms with van der Waals surface area (Å²) in [5, 5.41) is 4.18. The van der Waals surface area contributed by atoms with Crippen molar-refractivity contribution in [2.75, 3.05) is 0 Å². The lowest BCUT2D eigenvalue weighted by Crippen LogP contribution is -2.05. The van der Waals surface area contributed by atoms with Crippen molar-refractivity contribution in [2.45, 2.75) is 38.8 Å². The van der Waals surface area contributed by atoms with E-state index in [2.05, 4.69) is 16.2 Å². The van der Waals surface area contributed by atoms with Crippen LogP contribution in [-0.2, 0) is 6.42 Å². The van der Waals surface area contributed by atoms with Gasteiger partial charge in [-0.3, -0.25) is 0 Å². The Morgan fingerprint density at radius 1 is 1.16 bits per heavy atom. The summed E-state index contributed by atoms with van der Waals surface area (Å²) in [4.78, 5) is 4.58. The Labute approximate surface area is 146 Å². The highest BCUT2D eigenvalue weighted by Gasteiger charge is 2.24. The van der Waals surface area contributed by atoms with Crippen LogP contribution in [0.25, 0.3) is 22.8 Å². The molecule has 2 N–H and O–H groups in total. The highest BCUT2D eigenvalue weighted by Crippen LogP contribution is 2.36. The Bertz CT molecular complexity index is 884. The summed E-state index contributed by atoms with van der Waals surface area (Å²) in [6.07, 6.45) is 2.07. The fraction of sp³-hybridized carbons (Fsp3) is 0.300. The van der Waals surface area contributed by atoms with Gasteiger partial charge in [-0.15, -0.1) is 0 Å². The molecule has 1 aromatic heterocycles. The largest absolute Gasteiger partial charge is 0.491 e. The molecule has 2 aromatic carbocycles. The number of benzene rings is 2. The molecule has 0 fully saturated rings. The normalized spacial score (nSPS) is 16.2. The molecule has 1 atom stereocenters. The van der Waals surface area contributed by atoms with E-state index < -0.39 is 0 Å². The van der Waals surface area contributed by atoms with Crippen molar-refractivity contribution < 1.29 is 9.26 Å². The van der Waals surface area contributed by atoms with E-state index in [1.54, 1.807) is 0 Å². The van der Waals surface area contributed by atoms with E-state index in [1.807, 2.05) is 50.2 Å². The predicted octanol–water partition coefficient (Wildman–Crippen LogP) is 4.14. The van der Waals surface area contributed by atoms with Gasteiger partial charge in [-0.1, -0.05) is 23.4 Å². The maximum Gasteiger partial charge on any atom is 0.258 e. The summed E-state index contributed by atoms with van der Waals surface area (Å²) in [5.41, 5.74) is 10.5. The van der Waals surface area contributed by atoms with Crippen LogP contribution in [0.2, 0.25) is 0 Å². The van der Waals surface area contributed by atoms with E-state index in [0.717, 1.165) is 29.7 Å². The Hall–Kier alpha value is -2.66. The minimum absolute atomic E-state index is 0.106. The summed E-state index contributed by atoms with van der Waals surface area (Å²) in [6, 6.07) is 13.9. The van der Waals surface area contributed by atoms with Crippen LogP contribution in [0, 0.1) is 0 Å². The van der Waals surface area contributed by atoms with Gasteiger partial charge in [-0.05, 0) is 62.1 Å². The summed E-state index contributed by atoms with van der Waals surface area (Å²) in [6.45, 7) is 4.00. The molecule has 1 aliphatic carbocycles. The number of hydrogen-bond donors (Lipinski definition) is 1. The van der Waals surface area contributed by atoms with Gasteiger partial charge in [0.05, 0.1) is 6.10 Å². The first-order valence-corrected chi connectivity index (χ1v) is 8.60. The van der Waals surface area contributed by atoms with E-state index in [9.17, 15) is 0 Å². The minimum Gasteiger partial charge on any atom is -0.491 e. The van der Waals surface area contributed by atoms with E-state index in [-0.39, 0.29) is 12.1 Å². The zero-order valence-corrected chi connectivity index (χ0v) is 14.4. The topological polar surface area (TPSA) is 74.2 Å². The second kappa shape index (κ2) is 6.33. The maximum absolute atomic E-state index is 6.16. The second-order valence-corrected chi connectivity index (χ2v) is 6.63. The lowest BCUT2D eigenvalue weighted by atomic mass is 10.0. The van der Waals surface area contributed by atoms with Crippen LogP contribution in [-0.4, -0.2) is 16.2 Å². The molecule has 0 saturated heterocycles. The van der Waals surface area contributed by atoms with Crippen molar-refractivity contribution in [3.63, 3.8) is 0 Å². The fourth-order valence-corrected chi connectivity index (χ4v) is 3.29. The van der Waals surface area contributed by atoms with Gasteiger partial charge in [0, 0.05) is 17.2 Å². The van der Waals surface area contributed by atoms with Crippen LogP contribution in [0.5, 0.6) is 5.75 Å². The van der Waals surface area contributed by atoms with Crippen LogP contribution in [0.3, 0.4) is 0 Å². The molecule has 0 aliphatic heterocycles. The highest BCUT2D eigenvalue weighted by atomic mass is 16.5. The Morgan fingerprint density at radius 2 is 1.96 bits per heavy atom. The third kappa shape index (κ3) is 3.03. The Balaban J connectivity index is 1.63. The van der Waals surface area contributed by atoms with Crippen LogP contribution >= 0.6 is 0 Å². The Morgan fingerprint density at radius 3 is 2.72 bits per heavy atom. The van der Waals surface area contributed by atoms with Gasteiger partial charge in [0.2, 0.25) is 5.82 Å². The first-order chi connectivity index (χ1) is 12.1. The van der Waals surface area contributed by atoms with Gasteiger partial charge >= 0.3 is 0 Å². The van der Waals surface area contributed by atoms with Gasteiger partial charge in [0.15, 0.2) is 0 Å². The van der Waals surface area contributed by atoms with Crippen molar-refractivity contribution in [3.8, 4) is 28.6 Å². The standard InChI is InChI=1S/C20H21N3O2/c1-12(2)24-14-8-6-13(7-9-14)20-22-19(23-25-20)17-5-3-4-16-15(17)10-11-18(16)21/h3-9,12,18H,10-11,21H2,1-2H3/t18-/m1/s1. The zero-order chi connectivity index (χ0) is 17.4. The quantitative estimate of drug-likeness (QED) is 0.776. The van der Waals surface area contributed by atoms with E-state index in [1.165, 1.54) is 11.1 Å². The molecule has 5 nitrogen and oxygen atoms in total. The minimum atomic E-state index is 0.106. The Kier molecular flexibility index (Phi) is 4.01. The third-order valence-electron chi connectivity index (χ3n) is 4.46. The maximum atomic E-state index is 6.16. The molecule has 0 bridgehead atoms. The number of hydrogen-bond acceptors (Lipinski definition) is 5. The molecule has 0 radical (unpaired) electrons. The summed E-state index contributed by atoms with van der Waals surface area (Å²) in [5.74, 6) is 1.95. The number of ether oxygens (including phenoxy) is 1. The fourth-order valence-electron chi connectivity index (χ4n) is 3.29. The van der Waals surface area contributed by atoms with Gasteiger partial charge in [0.25, 0.3) is 5.89 Å². The van der Waals surface area contributed by atoms with Crippen LogP contribution in [0.4, 0.5) is 0 Å². The molecule has 0 spiro atoms. The van der Waals surface area contributed by atoms with Crippen molar-refractivity contribution in [3.05, 3.63) is 53.6 Å². The van der Waals surface area contributed by atoms with Crippen molar-refractivity contribution >= 4 is 0 Å². The van der Waals surface area contributed by atoms with Gasteiger partial charge in [0.1, 0.15) is 5.75 Å². The molecule has 0 unspecified atom stereocenters. The van der Waals surface area contributed by atoms with Crippen LogP contribution < -0.4 is 10.5 Å². The summed E-state index contributed by atoms with van der Waals surface area (Å²) < 4.78 is 11.1. The highest BCUT2D eigenvalue weighted by molar-refractivity contribution is 5.66. The van der Waals surface area contributed by atoms with E-state index >= 15 is 0 Å². The van der Waals surface area contributed by atoms with Gasteiger partial charge in [-0.25, -0.2) is 0 Å². The number of nitrogens with zero attached hydrogens (tertiary/aromatic N) is 2. The summed E-state index contributed by atoms with van der Waals surface area (Å²) >= 11 is 0. The molecule has 1 heterocycles. The molecular weight excluding hydrogens is 314 g/mol. The van der Waals surface area contributed by atoms with Crippen molar-refractivity contribution in [2.24, 2.45) is 5.73 Å². The number of nitrogens with two attached hydrogens (primary N) is 1. The number of rotatable bonds is 4. The monoisotopic (exact) mass is 335 g/mol. The molecule has 25 heavy (non-hydrogen) atoms. The molecule has 1 aliphatic rings. The van der Waals surface area contributed by atoms with Crippen LogP contribution in [0.15, 0.2) is 47.0 Å². The molecular formula is C20H21N3O2. The van der Waals surface area contributed by atoms with Crippen molar-refractivity contribution in [1.29, 1.82) is 0 Å². The SMILES string of the molecule is CC(C)Oc1ccc(-c2nc(-c3cccc4c3CC[C@H]4N)no2)cc1. The van der Waals surface area contributed by atoms with Crippen molar-refractivity contribution in [1.82, 2.24) is 10.1 Å². The molecule has 128 valence electrons. The average molecular weight is 335 g/mol. The van der Waals surface area contributed by atoms with E-state index in [4.69, 9.17) is 15.0 Å². The zero-order valence-electron chi connectivity index (χ0n) is 14.4. The first-order valence-electron chi connectivity index (χ1n) is 8.60. The van der Waals surface area contributed by atoms with Crippen LogP contribution in [0.1, 0.15) is 37.4 Å².